The lowest BCUT2D eigenvalue weighted by Crippen LogP contribution is -2.41. The summed E-state index contributed by atoms with van der Waals surface area (Å²) < 4.78 is 12.0. The molecule has 1 aromatic heterocycles. The highest BCUT2D eigenvalue weighted by atomic mass is 35.5. The van der Waals surface area contributed by atoms with Crippen molar-refractivity contribution < 1.29 is 19.1 Å². The zero-order valence-corrected chi connectivity index (χ0v) is 21.0. The van der Waals surface area contributed by atoms with Gasteiger partial charge in [-0.25, -0.2) is 9.59 Å². The molecule has 1 aliphatic rings. The molecule has 0 fully saturated rings. The van der Waals surface area contributed by atoms with Gasteiger partial charge >= 0.3 is 11.9 Å². The Morgan fingerprint density at radius 1 is 1.06 bits per heavy atom. The summed E-state index contributed by atoms with van der Waals surface area (Å²) in [5.74, 6) is -2.65. The summed E-state index contributed by atoms with van der Waals surface area (Å²) in [5, 5.41) is 0.758. The van der Waals surface area contributed by atoms with Crippen molar-refractivity contribution >= 4 is 63.9 Å². The lowest BCUT2D eigenvalue weighted by molar-refractivity contribution is -0.138. The molecule has 1 aliphatic heterocycles. The lowest BCUT2D eigenvalue weighted by atomic mass is 9.83. The van der Waals surface area contributed by atoms with Crippen LogP contribution in [0, 0.1) is 0 Å². The minimum absolute atomic E-state index is 0.0544. The molecule has 180 valence electrons. The van der Waals surface area contributed by atoms with Gasteiger partial charge in [-0.2, -0.15) is 0 Å². The molecule has 0 spiro atoms. The van der Waals surface area contributed by atoms with E-state index in [0.29, 0.717) is 21.2 Å². The Morgan fingerprint density at radius 3 is 2.34 bits per heavy atom. The second-order valence-electron chi connectivity index (χ2n) is 7.46. The maximum Gasteiger partial charge on any atom is 0.338 e. The molecular weight excluding hydrogens is 511 g/mol. The van der Waals surface area contributed by atoms with Crippen molar-refractivity contribution in [3.63, 3.8) is 0 Å². The number of esters is 2. The zero-order chi connectivity index (χ0) is 25.3. The van der Waals surface area contributed by atoms with Gasteiger partial charge in [-0.05, 0) is 36.3 Å². The van der Waals surface area contributed by atoms with Crippen LogP contribution in [0.3, 0.4) is 0 Å². The number of nitrogens with zero attached hydrogens (tertiary/aromatic N) is 1. The van der Waals surface area contributed by atoms with Crippen molar-refractivity contribution in [1.82, 2.24) is 4.57 Å². The van der Waals surface area contributed by atoms with Crippen molar-refractivity contribution in [2.75, 3.05) is 13.7 Å². The van der Waals surface area contributed by atoms with Crippen molar-refractivity contribution in [3.05, 3.63) is 94.8 Å². The van der Waals surface area contributed by atoms with Crippen LogP contribution in [-0.2, 0) is 19.1 Å². The molecule has 10 heteroatoms. The number of carbonyl (C=O) groups excluding carboxylic acids is 2. The number of benzene rings is 2. The first-order valence-corrected chi connectivity index (χ1v) is 12.1. The quantitative estimate of drug-likeness (QED) is 0.509. The molecule has 0 amide bonds. The molecule has 0 unspecified atom stereocenters. The smallest absolute Gasteiger partial charge is 0.338 e. The molecule has 0 radical (unpaired) electrons. The summed E-state index contributed by atoms with van der Waals surface area (Å²) in [4.78, 5) is 39.7. The first kappa shape index (κ1) is 24.8. The predicted molar refractivity (Wildman–Crippen MR) is 137 cm³/mol. The Bertz CT molecular complexity index is 1550. The summed E-state index contributed by atoms with van der Waals surface area (Å²) in [5.41, 5.74) is 6.97. The van der Waals surface area contributed by atoms with Crippen molar-refractivity contribution in [3.8, 4) is 0 Å². The molecule has 1 atom stereocenters. The Balaban J connectivity index is 2.16. The number of thiazole rings is 1. The Morgan fingerprint density at radius 2 is 1.71 bits per heavy atom. The van der Waals surface area contributed by atoms with E-state index in [1.807, 2.05) is 0 Å². The van der Waals surface area contributed by atoms with Crippen LogP contribution < -0.4 is 20.5 Å². The highest BCUT2D eigenvalue weighted by Crippen LogP contribution is 2.40. The van der Waals surface area contributed by atoms with Gasteiger partial charge in [0.15, 0.2) is 0 Å². The van der Waals surface area contributed by atoms with Crippen molar-refractivity contribution in [2.24, 2.45) is 5.73 Å². The molecule has 0 bridgehead atoms. The number of ether oxygens (including phenoxy) is 2. The normalized spacial score (nSPS) is 15.7. The van der Waals surface area contributed by atoms with Crippen LogP contribution in [-0.4, -0.2) is 30.2 Å². The second-order valence-corrected chi connectivity index (χ2v) is 9.30. The molecule has 0 saturated carbocycles. The highest BCUT2D eigenvalue weighted by Gasteiger charge is 2.40. The van der Waals surface area contributed by atoms with Gasteiger partial charge in [0.05, 0.1) is 35.3 Å². The summed E-state index contributed by atoms with van der Waals surface area (Å²) in [6.07, 6.45) is 1.61. The fraction of sp³-hybridized carbons (Fsp3) is 0.160. The van der Waals surface area contributed by atoms with Crippen LogP contribution in [0.4, 0.5) is 0 Å². The fourth-order valence-electron chi connectivity index (χ4n) is 3.92. The van der Waals surface area contributed by atoms with Gasteiger partial charge < -0.3 is 15.2 Å². The molecule has 3 aromatic rings. The number of aromatic nitrogens is 1. The van der Waals surface area contributed by atoms with E-state index in [4.69, 9.17) is 38.4 Å². The summed E-state index contributed by atoms with van der Waals surface area (Å²) in [6, 6.07) is 13.8. The number of nitrogens with two attached hydrogens (primary N) is 1. The van der Waals surface area contributed by atoms with Gasteiger partial charge in [-0.15, -0.1) is 11.3 Å². The van der Waals surface area contributed by atoms with E-state index in [1.54, 1.807) is 61.5 Å². The van der Waals surface area contributed by atoms with E-state index in [-0.39, 0.29) is 32.8 Å². The predicted octanol–water partition coefficient (Wildman–Crippen LogP) is 2.86. The molecule has 2 heterocycles. The third-order valence-electron chi connectivity index (χ3n) is 5.46. The van der Waals surface area contributed by atoms with E-state index < -0.39 is 23.4 Å². The lowest BCUT2D eigenvalue weighted by Gasteiger charge is -2.27. The Labute approximate surface area is 214 Å². The average molecular weight is 531 g/mol. The maximum absolute atomic E-state index is 13.5. The average Bonchev–Trinajstić information content (AvgIpc) is 3.16. The highest BCUT2D eigenvalue weighted by molar-refractivity contribution is 7.07. The van der Waals surface area contributed by atoms with Crippen LogP contribution in [0.5, 0.6) is 0 Å². The van der Waals surface area contributed by atoms with Gasteiger partial charge in [0.1, 0.15) is 10.5 Å². The molecule has 7 nitrogen and oxygen atoms in total. The molecule has 2 N–H and O–H groups in total. The van der Waals surface area contributed by atoms with E-state index in [9.17, 15) is 14.4 Å². The van der Waals surface area contributed by atoms with Crippen LogP contribution in [0.25, 0.3) is 17.5 Å². The van der Waals surface area contributed by atoms with Crippen molar-refractivity contribution in [2.45, 2.75) is 12.8 Å². The standard InChI is InChI=1S/C25H20Cl2N2O5S/c1-3-34-25(32)19-18(14-9-5-7-11-16(14)27)20(24(31)33-2)23-29(21(19)28)22(30)17(35-23)12-13-8-4-6-10-15(13)26/h4-12,18H,3,28H2,1-2H3/b17-12+/t18-/m1/s1. The second kappa shape index (κ2) is 10.1. The van der Waals surface area contributed by atoms with Gasteiger partial charge in [0.25, 0.3) is 5.56 Å². The van der Waals surface area contributed by atoms with Crippen LogP contribution in [0.15, 0.2) is 58.9 Å². The Kier molecular flexibility index (Phi) is 7.16. The number of halogens is 2. The topological polar surface area (TPSA) is 101 Å². The number of carbonyl (C=O) groups is 2. The van der Waals surface area contributed by atoms with Gasteiger partial charge in [-0.3, -0.25) is 9.36 Å². The summed E-state index contributed by atoms with van der Waals surface area (Å²) in [6.45, 7) is 1.71. The molecular formula is C25H20Cl2N2O5S. The SMILES string of the molecule is CCOC(=O)C1=C(N)n2c(s/c(=C/c3ccccc3Cl)c2=O)=C(C(=O)OC)[C@@H]1c1ccccc1Cl. The number of methoxy groups -OCH3 is 1. The van der Waals surface area contributed by atoms with E-state index in [1.165, 1.54) is 7.11 Å². The summed E-state index contributed by atoms with van der Waals surface area (Å²) >= 11 is 13.8. The number of fused-ring (bicyclic) bond motifs is 1. The van der Waals surface area contributed by atoms with Crippen LogP contribution in [0.2, 0.25) is 10.0 Å². The maximum atomic E-state index is 13.5. The molecule has 2 aromatic carbocycles. The van der Waals surface area contributed by atoms with Crippen molar-refractivity contribution in [1.29, 1.82) is 0 Å². The molecule has 0 saturated heterocycles. The minimum atomic E-state index is -1.01. The Hall–Kier alpha value is -3.33. The zero-order valence-electron chi connectivity index (χ0n) is 18.7. The fourth-order valence-corrected chi connectivity index (χ4v) is 5.51. The number of hydrogen-bond acceptors (Lipinski definition) is 7. The van der Waals surface area contributed by atoms with Gasteiger partial charge in [0, 0.05) is 10.0 Å². The van der Waals surface area contributed by atoms with Crippen LogP contribution in [0.1, 0.15) is 24.0 Å². The van der Waals surface area contributed by atoms with E-state index in [2.05, 4.69) is 0 Å². The molecule has 35 heavy (non-hydrogen) atoms. The van der Waals surface area contributed by atoms with E-state index >= 15 is 0 Å². The largest absolute Gasteiger partial charge is 0.466 e. The number of hydrogen-bond donors (Lipinski definition) is 1. The van der Waals surface area contributed by atoms with Gasteiger partial charge in [0.2, 0.25) is 0 Å². The minimum Gasteiger partial charge on any atom is -0.466 e. The van der Waals surface area contributed by atoms with Crippen LogP contribution >= 0.6 is 34.5 Å². The molecule has 4 rings (SSSR count). The number of rotatable bonds is 5. The summed E-state index contributed by atoms with van der Waals surface area (Å²) in [7, 11) is 1.22. The first-order valence-electron chi connectivity index (χ1n) is 10.5. The third kappa shape index (κ3) is 4.40. The van der Waals surface area contributed by atoms with E-state index in [0.717, 1.165) is 15.9 Å². The first-order chi connectivity index (χ1) is 16.8. The third-order valence-corrected chi connectivity index (χ3v) is 7.25. The van der Waals surface area contributed by atoms with Gasteiger partial charge in [-0.1, -0.05) is 59.6 Å². The molecule has 0 aliphatic carbocycles. The monoisotopic (exact) mass is 530 g/mol.